The summed E-state index contributed by atoms with van der Waals surface area (Å²) in [6.45, 7) is 16.1. The van der Waals surface area contributed by atoms with Crippen molar-refractivity contribution in [3.05, 3.63) is 71.2 Å². The van der Waals surface area contributed by atoms with Crippen molar-refractivity contribution >= 4 is 29.4 Å². The second-order valence-corrected chi connectivity index (χ2v) is 13.3. The van der Waals surface area contributed by atoms with Crippen LogP contribution in [0.1, 0.15) is 106 Å². The average Bonchev–Trinajstić information content (AvgIpc) is 3.17. The van der Waals surface area contributed by atoms with Gasteiger partial charge in [-0.3, -0.25) is 19.2 Å². The van der Waals surface area contributed by atoms with Crippen molar-refractivity contribution in [2.24, 2.45) is 5.10 Å². The van der Waals surface area contributed by atoms with E-state index in [1.54, 1.807) is 49.1 Å². The Morgan fingerprint density at radius 2 is 1.56 bits per heavy atom. The summed E-state index contributed by atoms with van der Waals surface area (Å²) >= 11 is 0. The van der Waals surface area contributed by atoms with Crippen molar-refractivity contribution < 1.29 is 28.3 Å². The zero-order valence-corrected chi connectivity index (χ0v) is 29.8. The first kappa shape index (κ1) is 40.1. The fourth-order valence-electron chi connectivity index (χ4n) is 5.57. The zero-order chi connectivity index (χ0) is 35.7. The van der Waals surface area contributed by atoms with E-state index in [4.69, 9.17) is 4.74 Å². The van der Waals surface area contributed by atoms with Gasteiger partial charge in [0.05, 0.1) is 5.83 Å². The SMILES string of the molecule is C=C/C=C1/CC(CC(=C/C=C(\C)F)/C=C(\C)C(=O)N2CCN(C(=O)CCCCCCCCC(=O)OC(C)(C)C)CC2)=NNC(=O)/C1=C/C. The monoisotopic (exact) mass is 666 g/mol. The van der Waals surface area contributed by atoms with E-state index in [1.807, 2.05) is 25.7 Å². The number of carbonyl (C=O) groups excluding carboxylic acids is 4. The van der Waals surface area contributed by atoms with E-state index in [0.717, 1.165) is 44.1 Å². The van der Waals surface area contributed by atoms with Crippen LogP contribution in [0.15, 0.2) is 76.3 Å². The van der Waals surface area contributed by atoms with Crippen molar-refractivity contribution in [2.45, 2.75) is 111 Å². The Morgan fingerprint density at radius 3 is 2.15 bits per heavy atom. The number of ether oxygens (including phenoxy) is 1. The molecule has 2 aliphatic heterocycles. The van der Waals surface area contributed by atoms with E-state index in [0.29, 0.717) is 74.3 Å². The van der Waals surface area contributed by atoms with Gasteiger partial charge in [0.1, 0.15) is 5.60 Å². The molecule has 0 aromatic rings. The molecular formula is C38H55FN4O5. The smallest absolute Gasteiger partial charge is 0.306 e. The summed E-state index contributed by atoms with van der Waals surface area (Å²) < 4.78 is 19.0. The minimum Gasteiger partial charge on any atom is -0.460 e. The Kier molecular flexibility index (Phi) is 17.0. The lowest BCUT2D eigenvalue weighted by Crippen LogP contribution is -2.50. The average molecular weight is 667 g/mol. The van der Waals surface area contributed by atoms with E-state index < -0.39 is 5.60 Å². The van der Waals surface area contributed by atoms with E-state index in [2.05, 4.69) is 17.1 Å². The number of piperazine rings is 1. The fourth-order valence-corrected chi connectivity index (χ4v) is 5.57. The normalized spacial score (nSPS) is 18.4. The lowest BCUT2D eigenvalue weighted by Gasteiger charge is -2.35. The molecule has 2 rings (SSSR count). The predicted octanol–water partition coefficient (Wildman–Crippen LogP) is 7.19. The maximum absolute atomic E-state index is 13.7. The number of hydrogen-bond acceptors (Lipinski definition) is 6. The summed E-state index contributed by atoms with van der Waals surface area (Å²) in [4.78, 5) is 54.1. The third-order valence-electron chi connectivity index (χ3n) is 7.94. The Hall–Kier alpha value is -4.08. The molecule has 0 aliphatic carbocycles. The summed E-state index contributed by atoms with van der Waals surface area (Å²) in [5.74, 6) is -0.865. The number of nitrogens with zero attached hydrogens (tertiary/aromatic N) is 3. The number of unbranched alkanes of at least 4 members (excludes halogenated alkanes) is 5. The molecule has 1 fully saturated rings. The molecule has 10 heteroatoms. The lowest BCUT2D eigenvalue weighted by molar-refractivity contribution is -0.155. The van der Waals surface area contributed by atoms with E-state index in [1.165, 1.54) is 13.0 Å². The van der Waals surface area contributed by atoms with Gasteiger partial charge in [0, 0.05) is 68.7 Å². The summed E-state index contributed by atoms with van der Waals surface area (Å²) in [6, 6.07) is 0. The molecule has 9 nitrogen and oxygen atoms in total. The van der Waals surface area contributed by atoms with Gasteiger partial charge >= 0.3 is 5.97 Å². The highest BCUT2D eigenvalue weighted by atomic mass is 19.1. The Morgan fingerprint density at radius 1 is 0.958 bits per heavy atom. The summed E-state index contributed by atoms with van der Waals surface area (Å²) in [6.07, 6.45) is 17.1. The molecule has 2 aliphatic rings. The number of nitrogens with one attached hydrogen (secondary N) is 1. The number of carbonyl (C=O) groups is 4. The number of rotatable bonds is 15. The van der Waals surface area contributed by atoms with Crippen LogP contribution in [0.4, 0.5) is 4.39 Å². The molecule has 1 saturated heterocycles. The van der Waals surface area contributed by atoms with Gasteiger partial charge in [0.25, 0.3) is 5.91 Å². The van der Waals surface area contributed by atoms with Crippen molar-refractivity contribution in [3.63, 3.8) is 0 Å². The van der Waals surface area contributed by atoms with E-state index in [-0.39, 0.29) is 29.5 Å². The molecule has 0 unspecified atom stereocenters. The first-order valence-corrected chi connectivity index (χ1v) is 17.1. The molecule has 0 spiro atoms. The Balaban J connectivity index is 1.86. The first-order chi connectivity index (χ1) is 22.7. The molecule has 0 aromatic heterocycles. The Bertz CT molecular complexity index is 1350. The van der Waals surface area contributed by atoms with Gasteiger partial charge in [0.15, 0.2) is 0 Å². The quantitative estimate of drug-likeness (QED) is 0.0862. The first-order valence-electron chi connectivity index (χ1n) is 17.1. The van der Waals surface area contributed by atoms with Crippen LogP contribution < -0.4 is 5.43 Å². The standard InChI is InChI=1S/C38H55FN4O5/c1-8-16-31-27-32(40-41-36(46)33(31)9-2)26-30(20-19-29(4)39)25-28(3)37(47)43-23-21-42(22-24-43)34(44)17-14-12-10-11-13-15-18-35(45)48-38(5,6)7/h8-9,16,19-20,25H,1,10-15,17-18,21-24,26-27H2,2-7H3,(H,41,46)/b28-25+,29-19+,30-20+,31-16-,33-9+. The van der Waals surface area contributed by atoms with Gasteiger partial charge < -0.3 is 14.5 Å². The fraction of sp³-hybridized carbons (Fsp3) is 0.553. The third kappa shape index (κ3) is 14.8. The van der Waals surface area contributed by atoms with E-state index in [9.17, 15) is 23.6 Å². The molecule has 0 radical (unpaired) electrons. The van der Waals surface area contributed by atoms with Crippen molar-refractivity contribution in [1.29, 1.82) is 0 Å². The third-order valence-corrected chi connectivity index (χ3v) is 7.94. The molecule has 0 saturated carbocycles. The van der Waals surface area contributed by atoms with Crippen LogP contribution in [0.3, 0.4) is 0 Å². The number of halogens is 1. The topological polar surface area (TPSA) is 108 Å². The number of amides is 3. The van der Waals surface area contributed by atoms with Crippen LogP contribution in [-0.4, -0.2) is 71.0 Å². The van der Waals surface area contributed by atoms with Crippen molar-refractivity contribution in [2.75, 3.05) is 26.2 Å². The van der Waals surface area contributed by atoms with Gasteiger partial charge in [-0.15, -0.1) is 0 Å². The molecule has 0 aromatic carbocycles. The number of hydrazone groups is 1. The summed E-state index contributed by atoms with van der Waals surface area (Å²) in [5.41, 5.74) is 5.24. The van der Waals surface area contributed by atoms with Crippen LogP contribution in [0, 0.1) is 0 Å². The molecule has 264 valence electrons. The molecule has 3 amide bonds. The van der Waals surface area contributed by atoms with Crippen LogP contribution in [0.5, 0.6) is 0 Å². The number of hydrogen-bond donors (Lipinski definition) is 1. The highest BCUT2D eigenvalue weighted by Gasteiger charge is 2.25. The predicted molar refractivity (Wildman–Crippen MR) is 189 cm³/mol. The van der Waals surface area contributed by atoms with Crippen molar-refractivity contribution in [1.82, 2.24) is 15.2 Å². The van der Waals surface area contributed by atoms with Gasteiger partial charge in [-0.05, 0) is 71.6 Å². The van der Waals surface area contributed by atoms with Crippen molar-refractivity contribution in [3.8, 4) is 0 Å². The number of allylic oxidation sites excluding steroid dienone is 8. The minimum absolute atomic E-state index is 0.111. The molecule has 2 heterocycles. The summed E-state index contributed by atoms with van der Waals surface area (Å²) in [5, 5.41) is 4.30. The van der Waals surface area contributed by atoms with Gasteiger partial charge in [-0.1, -0.05) is 62.6 Å². The van der Waals surface area contributed by atoms with Crippen LogP contribution in [-0.2, 0) is 23.9 Å². The Labute approximate surface area is 286 Å². The molecular weight excluding hydrogens is 611 g/mol. The second kappa shape index (κ2) is 20.3. The molecule has 0 bridgehead atoms. The molecule has 48 heavy (non-hydrogen) atoms. The highest BCUT2D eigenvalue weighted by molar-refractivity contribution is 6.03. The second-order valence-electron chi connectivity index (χ2n) is 13.3. The van der Waals surface area contributed by atoms with Crippen LogP contribution in [0.2, 0.25) is 0 Å². The number of esters is 1. The zero-order valence-electron chi connectivity index (χ0n) is 29.8. The van der Waals surface area contributed by atoms with Crippen LogP contribution >= 0.6 is 0 Å². The van der Waals surface area contributed by atoms with Gasteiger partial charge in [-0.25, -0.2) is 9.82 Å². The lowest BCUT2D eigenvalue weighted by atomic mass is 9.95. The molecule has 1 N–H and O–H groups in total. The summed E-state index contributed by atoms with van der Waals surface area (Å²) in [7, 11) is 0. The van der Waals surface area contributed by atoms with E-state index >= 15 is 0 Å². The molecule has 0 atom stereocenters. The maximum Gasteiger partial charge on any atom is 0.306 e. The van der Waals surface area contributed by atoms with Gasteiger partial charge in [-0.2, -0.15) is 5.10 Å². The maximum atomic E-state index is 13.7. The highest BCUT2D eigenvalue weighted by Crippen LogP contribution is 2.23. The largest absolute Gasteiger partial charge is 0.460 e. The minimum atomic E-state index is -0.446. The van der Waals surface area contributed by atoms with Gasteiger partial charge in [0.2, 0.25) is 11.8 Å². The van der Waals surface area contributed by atoms with Crippen LogP contribution in [0.25, 0.3) is 0 Å².